The maximum absolute atomic E-state index is 13.9. The van der Waals surface area contributed by atoms with E-state index < -0.39 is 12.1 Å². The van der Waals surface area contributed by atoms with Crippen LogP contribution in [-0.2, 0) is 14.3 Å². The second-order valence-electron chi connectivity index (χ2n) is 11.5. The molecular weight excluding hydrogens is 528 g/mol. The van der Waals surface area contributed by atoms with E-state index in [1.165, 1.54) is 0 Å². The van der Waals surface area contributed by atoms with Gasteiger partial charge in [-0.1, -0.05) is 25.0 Å². The molecule has 214 valence electrons. The van der Waals surface area contributed by atoms with Crippen LogP contribution in [0.5, 0.6) is 0 Å². The van der Waals surface area contributed by atoms with Gasteiger partial charge < -0.3 is 30.1 Å². The fraction of sp³-hybridized carbons (Fsp3) is 0.586. The zero-order valence-corrected chi connectivity index (χ0v) is 24.0. The van der Waals surface area contributed by atoms with Crippen molar-refractivity contribution in [3.05, 3.63) is 35.2 Å². The number of hydrogen-bond acceptors (Lipinski definition) is 9. The van der Waals surface area contributed by atoms with E-state index in [1.54, 1.807) is 28.4 Å². The number of anilines is 1. The van der Waals surface area contributed by atoms with E-state index in [0.29, 0.717) is 12.1 Å². The van der Waals surface area contributed by atoms with Crippen LogP contribution in [0, 0.1) is 5.92 Å². The summed E-state index contributed by atoms with van der Waals surface area (Å²) in [6, 6.07) is 6.08. The number of thiazole rings is 1. The zero-order chi connectivity index (χ0) is 27.8. The van der Waals surface area contributed by atoms with Gasteiger partial charge in [0.25, 0.3) is 5.91 Å². The number of likely N-dealkylation sites (tertiary alicyclic amines) is 1. The Morgan fingerprint density at radius 3 is 2.52 bits per heavy atom. The van der Waals surface area contributed by atoms with Gasteiger partial charge in [-0.25, -0.2) is 4.98 Å². The van der Waals surface area contributed by atoms with Crippen molar-refractivity contribution >= 4 is 34.1 Å². The first-order chi connectivity index (χ1) is 19.4. The van der Waals surface area contributed by atoms with Crippen molar-refractivity contribution < 1.29 is 19.1 Å². The van der Waals surface area contributed by atoms with Crippen LogP contribution in [0.1, 0.15) is 36.0 Å². The van der Waals surface area contributed by atoms with Gasteiger partial charge in [0, 0.05) is 49.2 Å². The van der Waals surface area contributed by atoms with Gasteiger partial charge in [-0.05, 0) is 45.0 Å². The highest BCUT2D eigenvalue weighted by atomic mass is 32.1. The summed E-state index contributed by atoms with van der Waals surface area (Å²) in [5, 5.41) is 9.34. The molecule has 4 aliphatic rings. The molecule has 1 aromatic carbocycles. The van der Waals surface area contributed by atoms with Crippen molar-refractivity contribution in [2.24, 2.45) is 5.92 Å². The monoisotopic (exact) mass is 566 g/mol. The molecule has 6 rings (SSSR count). The highest BCUT2D eigenvalue weighted by Gasteiger charge is 2.53. The van der Waals surface area contributed by atoms with Gasteiger partial charge >= 0.3 is 0 Å². The van der Waals surface area contributed by atoms with E-state index in [0.717, 1.165) is 68.3 Å². The predicted octanol–water partition coefficient (Wildman–Crippen LogP) is 1.62. The normalized spacial score (nSPS) is 26.4. The highest BCUT2D eigenvalue weighted by molar-refractivity contribution is 7.14. The zero-order valence-electron chi connectivity index (χ0n) is 23.2. The molecule has 2 aromatic rings. The number of carbonyl (C=O) groups excluding carboxylic acids is 3. The van der Waals surface area contributed by atoms with Crippen molar-refractivity contribution in [3.8, 4) is 11.3 Å². The van der Waals surface area contributed by atoms with Crippen molar-refractivity contribution in [1.29, 1.82) is 0 Å². The number of carbonyl (C=O) groups is 3. The molecule has 0 bridgehead atoms. The van der Waals surface area contributed by atoms with E-state index in [-0.39, 0.29) is 42.3 Å². The van der Waals surface area contributed by atoms with E-state index in [2.05, 4.69) is 32.9 Å². The fourth-order valence-corrected chi connectivity index (χ4v) is 7.43. The Hall–Kier alpha value is -2.86. The third-order valence-corrected chi connectivity index (χ3v) is 9.87. The van der Waals surface area contributed by atoms with Crippen LogP contribution in [0.3, 0.4) is 0 Å². The van der Waals surface area contributed by atoms with Gasteiger partial charge in [0.05, 0.1) is 11.7 Å². The number of likely N-dealkylation sites (N-methyl/N-ethyl adjacent to an activating group) is 2. The largest absolute Gasteiger partial charge is 0.366 e. The Labute approximate surface area is 239 Å². The number of amides is 2. The van der Waals surface area contributed by atoms with Gasteiger partial charge in [0.1, 0.15) is 24.8 Å². The molecule has 3 aliphatic heterocycles. The number of hydrogen-bond donors (Lipinski definition) is 2. The standard InChI is InChI=1S/C29H38N6O4S/c1-30-21-15-35(25-23(36)16-39-26(21)25)28(38)24(19-5-3-4-6-19)32-27(37)20-9-7-18(8-10-20)22-17-40-29(31-22)34-13-11-33(2)12-14-34/h7-10,17,19,21,24-26,30H,3-6,11-16H2,1-2H3,(H,32,37)/t21-,24-,25+,26+/m0/s1. The molecule has 11 heteroatoms. The maximum atomic E-state index is 13.9. The second-order valence-corrected chi connectivity index (χ2v) is 12.3. The summed E-state index contributed by atoms with van der Waals surface area (Å²) in [6.45, 7) is 4.43. The number of piperazine rings is 1. The molecule has 2 N–H and O–H groups in total. The second kappa shape index (κ2) is 11.6. The Bertz CT molecular complexity index is 1240. The summed E-state index contributed by atoms with van der Waals surface area (Å²) < 4.78 is 5.71. The molecule has 2 amide bonds. The lowest BCUT2D eigenvalue weighted by molar-refractivity contribution is -0.139. The molecule has 1 aliphatic carbocycles. The summed E-state index contributed by atoms with van der Waals surface area (Å²) in [5.41, 5.74) is 2.36. The van der Waals surface area contributed by atoms with Crippen LogP contribution in [0.25, 0.3) is 11.3 Å². The number of rotatable bonds is 7. The maximum Gasteiger partial charge on any atom is 0.251 e. The molecule has 40 heavy (non-hydrogen) atoms. The van der Waals surface area contributed by atoms with Gasteiger partial charge in [-0.3, -0.25) is 14.4 Å². The van der Waals surface area contributed by atoms with Gasteiger partial charge in [-0.15, -0.1) is 11.3 Å². The quantitative estimate of drug-likeness (QED) is 0.521. The Morgan fingerprint density at radius 2 is 1.82 bits per heavy atom. The van der Waals surface area contributed by atoms with Gasteiger partial charge in [0.2, 0.25) is 5.91 Å². The third kappa shape index (κ3) is 5.27. The van der Waals surface area contributed by atoms with E-state index in [4.69, 9.17) is 9.72 Å². The molecule has 3 saturated heterocycles. The molecule has 10 nitrogen and oxygen atoms in total. The lowest BCUT2D eigenvalue weighted by atomic mass is 9.95. The van der Waals surface area contributed by atoms with E-state index in [1.807, 2.05) is 19.2 Å². The molecule has 4 fully saturated rings. The lowest BCUT2D eigenvalue weighted by Crippen LogP contribution is -2.54. The van der Waals surface area contributed by atoms with Crippen LogP contribution in [-0.4, -0.2) is 110 Å². The minimum Gasteiger partial charge on any atom is -0.366 e. The minimum atomic E-state index is -0.663. The van der Waals surface area contributed by atoms with Crippen LogP contribution >= 0.6 is 11.3 Å². The number of ketones is 1. The number of benzene rings is 1. The lowest BCUT2D eigenvalue weighted by Gasteiger charge is -2.32. The average Bonchev–Trinajstić information content (AvgIpc) is 3.78. The van der Waals surface area contributed by atoms with E-state index >= 15 is 0 Å². The molecule has 4 heterocycles. The molecule has 4 atom stereocenters. The van der Waals surface area contributed by atoms with Crippen LogP contribution in [0.15, 0.2) is 29.6 Å². The SMILES string of the molecule is CN[C@H]1CN(C(=O)[C@@H](NC(=O)c2ccc(-c3csc(N4CCN(C)CC4)n3)cc2)C2CCCC2)[C@@H]2C(=O)CO[C@H]12. The van der Waals surface area contributed by atoms with Crippen LogP contribution in [0.2, 0.25) is 0 Å². The van der Waals surface area contributed by atoms with Crippen molar-refractivity contribution in [1.82, 2.24) is 25.4 Å². The van der Waals surface area contributed by atoms with Crippen molar-refractivity contribution in [2.75, 3.05) is 58.3 Å². The predicted molar refractivity (Wildman–Crippen MR) is 154 cm³/mol. The molecular formula is C29H38N6O4S. The van der Waals surface area contributed by atoms with Crippen molar-refractivity contribution in [2.45, 2.75) is 49.9 Å². The topological polar surface area (TPSA) is 107 Å². The number of ether oxygens (including phenoxy) is 1. The summed E-state index contributed by atoms with van der Waals surface area (Å²) in [5.74, 6) is -0.463. The third-order valence-electron chi connectivity index (χ3n) is 8.97. The molecule has 0 spiro atoms. The smallest absolute Gasteiger partial charge is 0.251 e. The van der Waals surface area contributed by atoms with Gasteiger partial charge in [0.15, 0.2) is 10.9 Å². The molecule has 1 saturated carbocycles. The van der Waals surface area contributed by atoms with Crippen molar-refractivity contribution in [3.63, 3.8) is 0 Å². The average molecular weight is 567 g/mol. The van der Waals surface area contributed by atoms with Crippen LogP contribution in [0.4, 0.5) is 5.13 Å². The number of nitrogens with one attached hydrogen (secondary N) is 2. The first kappa shape index (κ1) is 27.3. The summed E-state index contributed by atoms with van der Waals surface area (Å²) in [4.78, 5) is 51.1. The Balaban J connectivity index is 1.15. The molecule has 0 unspecified atom stereocenters. The number of Topliss-reactive ketones (excluding diaryl/α,β-unsaturated/α-hetero) is 1. The summed E-state index contributed by atoms with van der Waals surface area (Å²) >= 11 is 1.65. The Kier molecular flexibility index (Phi) is 7.89. The molecule has 1 aromatic heterocycles. The minimum absolute atomic E-state index is 0.0277. The summed E-state index contributed by atoms with van der Waals surface area (Å²) in [6.07, 6.45) is 3.51. The van der Waals surface area contributed by atoms with Gasteiger partial charge in [-0.2, -0.15) is 0 Å². The summed E-state index contributed by atoms with van der Waals surface area (Å²) in [7, 11) is 3.96. The number of aromatic nitrogens is 1. The molecule has 0 radical (unpaired) electrons. The highest BCUT2D eigenvalue weighted by Crippen LogP contribution is 2.33. The Morgan fingerprint density at radius 1 is 1.10 bits per heavy atom. The number of nitrogens with zero attached hydrogens (tertiary/aromatic N) is 4. The first-order valence-corrected chi connectivity index (χ1v) is 15.2. The number of fused-ring (bicyclic) bond motifs is 1. The fourth-order valence-electron chi connectivity index (χ4n) is 6.54. The van der Waals surface area contributed by atoms with E-state index in [9.17, 15) is 14.4 Å². The first-order valence-electron chi connectivity index (χ1n) is 14.4. The van der Waals surface area contributed by atoms with Crippen LogP contribution < -0.4 is 15.5 Å².